The largest absolute Gasteiger partial charge is 0.486 e. The number of hydrogen-bond acceptors (Lipinski definition) is 4. The van der Waals surface area contributed by atoms with Gasteiger partial charge in [0.05, 0.1) is 6.54 Å². The molecule has 0 aromatic heterocycles. The highest BCUT2D eigenvalue weighted by molar-refractivity contribution is 5.99. The van der Waals surface area contributed by atoms with E-state index in [9.17, 15) is 4.79 Å². The lowest BCUT2D eigenvalue weighted by atomic mass is 10.00. The van der Waals surface area contributed by atoms with Crippen molar-refractivity contribution in [2.24, 2.45) is 0 Å². The first-order chi connectivity index (χ1) is 8.26. The van der Waals surface area contributed by atoms with Crippen LogP contribution in [0, 0.1) is 0 Å². The second-order valence-corrected chi connectivity index (χ2v) is 3.96. The summed E-state index contributed by atoms with van der Waals surface area (Å²) in [6.07, 6.45) is 0.807. The van der Waals surface area contributed by atoms with Crippen LogP contribution in [-0.4, -0.2) is 32.6 Å². The van der Waals surface area contributed by atoms with Crippen LogP contribution >= 0.6 is 0 Å². The summed E-state index contributed by atoms with van der Waals surface area (Å²) in [5, 5.41) is 2.88. The van der Waals surface area contributed by atoms with Crippen LogP contribution in [0.5, 0.6) is 11.5 Å². The van der Waals surface area contributed by atoms with Gasteiger partial charge in [-0.15, -0.1) is 0 Å². The molecule has 1 aliphatic heterocycles. The molecule has 0 unspecified atom stereocenters. The number of nitrogens with one attached hydrogen (secondary N) is 1. The quantitative estimate of drug-likeness (QED) is 0.802. The van der Waals surface area contributed by atoms with Crippen molar-refractivity contribution < 1.29 is 14.3 Å². The summed E-state index contributed by atoms with van der Waals surface area (Å²) in [6.45, 7) is 3.48. The van der Waals surface area contributed by atoms with Gasteiger partial charge in [0.2, 0.25) is 0 Å². The molecule has 2 rings (SSSR count). The monoisotopic (exact) mass is 235 g/mol. The van der Waals surface area contributed by atoms with Crippen molar-refractivity contribution in [1.82, 2.24) is 5.32 Å². The summed E-state index contributed by atoms with van der Waals surface area (Å²) in [6, 6.07) is 3.71. The van der Waals surface area contributed by atoms with Crippen LogP contribution in [-0.2, 0) is 6.42 Å². The van der Waals surface area contributed by atoms with Crippen molar-refractivity contribution in [1.29, 1.82) is 0 Å². The minimum absolute atomic E-state index is 0.0846. The number of ether oxygens (including phenoxy) is 2. The van der Waals surface area contributed by atoms with E-state index in [1.54, 1.807) is 13.1 Å². The molecule has 4 nitrogen and oxygen atoms in total. The molecule has 0 bridgehead atoms. The average Bonchev–Trinajstić information content (AvgIpc) is 2.37. The van der Waals surface area contributed by atoms with Gasteiger partial charge in [0.25, 0.3) is 0 Å². The molecule has 1 aromatic rings. The van der Waals surface area contributed by atoms with Crippen molar-refractivity contribution >= 4 is 5.78 Å². The predicted octanol–water partition coefficient (Wildman–Crippen LogP) is 1.42. The second-order valence-electron chi connectivity index (χ2n) is 3.96. The van der Waals surface area contributed by atoms with Crippen molar-refractivity contribution in [3.63, 3.8) is 0 Å². The number of ketones is 1. The maximum atomic E-state index is 12.0. The number of benzene rings is 1. The molecule has 0 aliphatic carbocycles. The summed E-state index contributed by atoms with van der Waals surface area (Å²) < 4.78 is 11.0. The van der Waals surface area contributed by atoms with Gasteiger partial charge in [0.15, 0.2) is 17.3 Å². The van der Waals surface area contributed by atoms with E-state index >= 15 is 0 Å². The third kappa shape index (κ3) is 2.42. The Bertz CT molecular complexity index is 429. The summed E-state index contributed by atoms with van der Waals surface area (Å²) in [5.41, 5.74) is 1.74. The number of fused-ring (bicyclic) bond motifs is 1. The zero-order valence-corrected chi connectivity index (χ0v) is 10.2. The molecule has 0 spiro atoms. The fourth-order valence-electron chi connectivity index (χ4n) is 1.94. The number of carbonyl (C=O) groups is 1. The van der Waals surface area contributed by atoms with E-state index in [-0.39, 0.29) is 5.78 Å². The SMILES string of the molecule is CCc1cc2c(cc1C(=O)CNC)OCCO2. The zero-order valence-electron chi connectivity index (χ0n) is 10.2. The highest BCUT2D eigenvalue weighted by atomic mass is 16.6. The van der Waals surface area contributed by atoms with Crippen molar-refractivity contribution in [3.05, 3.63) is 23.3 Å². The smallest absolute Gasteiger partial charge is 0.177 e. The van der Waals surface area contributed by atoms with E-state index in [2.05, 4.69) is 5.32 Å². The van der Waals surface area contributed by atoms with Gasteiger partial charge >= 0.3 is 0 Å². The molecular formula is C13H17NO3. The standard InChI is InChI=1S/C13H17NO3/c1-3-9-6-12-13(17-5-4-16-12)7-10(9)11(15)8-14-2/h6-7,14H,3-5,8H2,1-2H3. The molecule has 1 aromatic carbocycles. The van der Waals surface area contributed by atoms with Gasteiger partial charge in [0.1, 0.15) is 13.2 Å². The number of likely N-dealkylation sites (N-methyl/N-ethyl adjacent to an activating group) is 1. The molecule has 1 aliphatic rings. The number of aryl methyl sites for hydroxylation is 1. The first-order valence-corrected chi connectivity index (χ1v) is 5.86. The lowest BCUT2D eigenvalue weighted by Gasteiger charge is -2.20. The van der Waals surface area contributed by atoms with Crippen LogP contribution in [0.15, 0.2) is 12.1 Å². The van der Waals surface area contributed by atoms with Crippen LogP contribution in [0.1, 0.15) is 22.8 Å². The first-order valence-electron chi connectivity index (χ1n) is 5.86. The highest BCUT2D eigenvalue weighted by Crippen LogP contribution is 2.33. The van der Waals surface area contributed by atoms with E-state index in [1.165, 1.54) is 0 Å². The number of hydrogen-bond donors (Lipinski definition) is 1. The molecule has 0 amide bonds. The normalized spacial score (nSPS) is 13.5. The molecule has 0 radical (unpaired) electrons. The van der Waals surface area contributed by atoms with Crippen LogP contribution in [0.25, 0.3) is 0 Å². The number of Topliss-reactive ketones (excluding diaryl/α,β-unsaturated/α-hetero) is 1. The molecule has 1 heterocycles. The molecule has 0 saturated heterocycles. The summed E-state index contributed by atoms with van der Waals surface area (Å²) in [7, 11) is 1.77. The third-order valence-electron chi connectivity index (χ3n) is 2.79. The third-order valence-corrected chi connectivity index (χ3v) is 2.79. The Kier molecular flexibility index (Phi) is 3.64. The summed E-state index contributed by atoms with van der Waals surface area (Å²) >= 11 is 0. The molecule has 17 heavy (non-hydrogen) atoms. The molecule has 0 atom stereocenters. The lowest BCUT2D eigenvalue weighted by molar-refractivity contribution is 0.0991. The van der Waals surface area contributed by atoms with Crippen molar-refractivity contribution in [2.45, 2.75) is 13.3 Å². The molecule has 4 heteroatoms. The number of rotatable bonds is 4. The Morgan fingerprint density at radius 2 is 1.94 bits per heavy atom. The topological polar surface area (TPSA) is 47.6 Å². The van der Waals surface area contributed by atoms with E-state index in [0.717, 1.165) is 23.3 Å². The first kappa shape index (κ1) is 11.9. The van der Waals surface area contributed by atoms with Gasteiger partial charge in [-0.25, -0.2) is 0 Å². The second kappa shape index (κ2) is 5.19. The number of carbonyl (C=O) groups excluding carboxylic acids is 1. The van der Waals surface area contributed by atoms with Gasteiger partial charge in [0, 0.05) is 5.56 Å². The van der Waals surface area contributed by atoms with Crippen LogP contribution in [0.4, 0.5) is 0 Å². The lowest BCUT2D eigenvalue weighted by Crippen LogP contribution is -2.21. The fourth-order valence-corrected chi connectivity index (χ4v) is 1.94. The average molecular weight is 235 g/mol. The Labute approximate surface area is 101 Å². The maximum Gasteiger partial charge on any atom is 0.177 e. The van der Waals surface area contributed by atoms with E-state index in [4.69, 9.17) is 9.47 Å². The van der Waals surface area contributed by atoms with Gasteiger partial charge in [-0.3, -0.25) is 4.79 Å². The van der Waals surface area contributed by atoms with E-state index in [1.807, 2.05) is 13.0 Å². The zero-order chi connectivity index (χ0) is 12.3. The van der Waals surface area contributed by atoms with Gasteiger partial charge < -0.3 is 14.8 Å². The Morgan fingerprint density at radius 1 is 1.29 bits per heavy atom. The molecule has 1 N–H and O–H groups in total. The van der Waals surface area contributed by atoms with Crippen LogP contribution in [0.3, 0.4) is 0 Å². The Hall–Kier alpha value is -1.55. The van der Waals surface area contributed by atoms with E-state index in [0.29, 0.717) is 25.5 Å². The Morgan fingerprint density at radius 3 is 2.53 bits per heavy atom. The van der Waals surface area contributed by atoms with E-state index < -0.39 is 0 Å². The van der Waals surface area contributed by atoms with Gasteiger partial charge in [-0.1, -0.05) is 6.92 Å². The van der Waals surface area contributed by atoms with Gasteiger partial charge in [-0.05, 0) is 31.2 Å². The highest BCUT2D eigenvalue weighted by Gasteiger charge is 2.18. The fraction of sp³-hybridized carbons (Fsp3) is 0.462. The minimum atomic E-state index is 0.0846. The molecule has 0 fully saturated rings. The maximum absolute atomic E-state index is 12.0. The minimum Gasteiger partial charge on any atom is -0.486 e. The molecule has 92 valence electrons. The van der Waals surface area contributed by atoms with Crippen molar-refractivity contribution in [3.8, 4) is 11.5 Å². The van der Waals surface area contributed by atoms with Crippen molar-refractivity contribution in [2.75, 3.05) is 26.8 Å². The summed E-state index contributed by atoms with van der Waals surface area (Å²) in [5.74, 6) is 1.50. The molecule has 0 saturated carbocycles. The van der Waals surface area contributed by atoms with Crippen LogP contribution in [0.2, 0.25) is 0 Å². The van der Waals surface area contributed by atoms with Gasteiger partial charge in [-0.2, -0.15) is 0 Å². The summed E-state index contributed by atoms with van der Waals surface area (Å²) in [4.78, 5) is 12.0. The Balaban J connectivity index is 2.39. The predicted molar refractivity (Wildman–Crippen MR) is 65.1 cm³/mol. The van der Waals surface area contributed by atoms with Crippen LogP contribution < -0.4 is 14.8 Å². The molecular weight excluding hydrogens is 218 g/mol.